The zero-order chi connectivity index (χ0) is 15.8. The third kappa shape index (κ3) is 2.76. The van der Waals surface area contributed by atoms with Crippen LogP contribution < -0.4 is 5.32 Å². The fraction of sp³-hybridized carbons (Fsp3) is 0. The van der Waals surface area contributed by atoms with E-state index in [0.29, 0.717) is 22.3 Å². The molecule has 0 aliphatic carbocycles. The van der Waals surface area contributed by atoms with Gasteiger partial charge >= 0.3 is 6.01 Å². The molecule has 5 nitrogen and oxygen atoms in total. The number of nitrogens with one attached hydrogen (secondary N) is 2. The number of halogens is 2. The SMILES string of the molecule is Fc1ccc(Nc2nnc(-c3cc4cc(Cl)ccc4[nH]3)o2)cc1. The van der Waals surface area contributed by atoms with Crippen molar-refractivity contribution in [2.75, 3.05) is 5.32 Å². The Bertz CT molecular complexity index is 977. The van der Waals surface area contributed by atoms with Crippen LogP contribution in [0.4, 0.5) is 16.1 Å². The normalized spacial score (nSPS) is 11.0. The lowest BCUT2D eigenvalue weighted by atomic mass is 10.2. The molecule has 0 spiro atoms. The third-order valence-electron chi connectivity index (χ3n) is 3.33. The standard InChI is InChI=1S/C16H10ClFN4O/c17-10-1-6-13-9(7-10)8-14(20-13)15-21-22-16(23-15)19-12-4-2-11(18)3-5-12/h1-8,20H,(H,19,22). The molecule has 23 heavy (non-hydrogen) atoms. The lowest BCUT2D eigenvalue weighted by molar-refractivity contribution is 0.585. The Morgan fingerprint density at radius 2 is 1.87 bits per heavy atom. The number of fused-ring (bicyclic) bond motifs is 1. The molecule has 0 aliphatic heterocycles. The molecule has 0 saturated heterocycles. The van der Waals surface area contributed by atoms with Crippen molar-refractivity contribution < 1.29 is 8.81 Å². The van der Waals surface area contributed by atoms with Gasteiger partial charge in [-0.25, -0.2) is 4.39 Å². The Morgan fingerprint density at radius 1 is 1.04 bits per heavy atom. The van der Waals surface area contributed by atoms with Gasteiger partial charge in [0.05, 0.1) is 0 Å². The highest BCUT2D eigenvalue weighted by Crippen LogP contribution is 2.27. The topological polar surface area (TPSA) is 66.7 Å². The van der Waals surface area contributed by atoms with E-state index in [0.717, 1.165) is 10.9 Å². The Labute approximate surface area is 135 Å². The summed E-state index contributed by atoms with van der Waals surface area (Å²) in [4.78, 5) is 3.19. The van der Waals surface area contributed by atoms with Gasteiger partial charge in [0.15, 0.2) is 0 Å². The quantitative estimate of drug-likeness (QED) is 0.569. The molecular formula is C16H10ClFN4O. The summed E-state index contributed by atoms with van der Waals surface area (Å²) in [6, 6.07) is 13.5. The Hall–Kier alpha value is -2.86. The molecule has 2 aromatic heterocycles. The van der Waals surface area contributed by atoms with Crippen molar-refractivity contribution in [1.29, 1.82) is 0 Å². The fourth-order valence-corrected chi connectivity index (χ4v) is 2.44. The lowest BCUT2D eigenvalue weighted by Gasteiger charge is -1.99. The minimum atomic E-state index is -0.307. The molecule has 0 bridgehead atoms. The number of hydrogen-bond donors (Lipinski definition) is 2. The van der Waals surface area contributed by atoms with Gasteiger partial charge in [0.25, 0.3) is 5.89 Å². The minimum Gasteiger partial charge on any atom is -0.402 e. The van der Waals surface area contributed by atoms with Gasteiger partial charge in [-0.15, -0.1) is 5.10 Å². The highest BCUT2D eigenvalue weighted by atomic mass is 35.5. The molecule has 0 saturated carbocycles. The van der Waals surface area contributed by atoms with Gasteiger partial charge in [-0.3, -0.25) is 0 Å². The highest BCUT2D eigenvalue weighted by Gasteiger charge is 2.11. The summed E-state index contributed by atoms with van der Waals surface area (Å²) in [5.74, 6) is 0.0421. The van der Waals surface area contributed by atoms with Crippen LogP contribution in [0.15, 0.2) is 52.9 Å². The maximum Gasteiger partial charge on any atom is 0.320 e. The van der Waals surface area contributed by atoms with Crippen LogP contribution in [0, 0.1) is 5.82 Å². The predicted molar refractivity (Wildman–Crippen MR) is 86.3 cm³/mol. The summed E-state index contributed by atoms with van der Waals surface area (Å²) in [5, 5.41) is 12.5. The smallest absolute Gasteiger partial charge is 0.320 e. The van der Waals surface area contributed by atoms with Crippen molar-refractivity contribution in [3.8, 4) is 11.6 Å². The number of aromatic nitrogens is 3. The maximum atomic E-state index is 12.9. The first-order chi connectivity index (χ1) is 11.2. The number of aromatic amines is 1. The van der Waals surface area contributed by atoms with E-state index in [1.807, 2.05) is 18.2 Å². The number of benzene rings is 2. The van der Waals surface area contributed by atoms with Gasteiger partial charge < -0.3 is 14.7 Å². The predicted octanol–water partition coefficient (Wildman–Crippen LogP) is 4.75. The molecule has 2 N–H and O–H groups in total. The maximum absolute atomic E-state index is 12.9. The van der Waals surface area contributed by atoms with Crippen LogP contribution in [-0.4, -0.2) is 15.2 Å². The van der Waals surface area contributed by atoms with Crippen LogP contribution >= 0.6 is 11.6 Å². The average molecular weight is 329 g/mol. The van der Waals surface area contributed by atoms with Crippen molar-refractivity contribution in [3.63, 3.8) is 0 Å². The molecule has 4 aromatic rings. The molecule has 7 heteroatoms. The van der Waals surface area contributed by atoms with Crippen LogP contribution in [0.1, 0.15) is 0 Å². The van der Waals surface area contributed by atoms with E-state index in [4.69, 9.17) is 16.0 Å². The summed E-state index contributed by atoms with van der Waals surface area (Å²) in [5.41, 5.74) is 2.28. The van der Waals surface area contributed by atoms with E-state index in [9.17, 15) is 4.39 Å². The molecule has 0 amide bonds. The summed E-state index contributed by atoms with van der Waals surface area (Å²) in [6.45, 7) is 0. The van der Waals surface area contributed by atoms with Crippen molar-refractivity contribution >= 4 is 34.2 Å². The van der Waals surface area contributed by atoms with Gasteiger partial charge in [0.1, 0.15) is 11.5 Å². The summed E-state index contributed by atoms with van der Waals surface area (Å²) in [6.07, 6.45) is 0. The van der Waals surface area contributed by atoms with Gasteiger partial charge in [-0.05, 0) is 48.5 Å². The molecule has 0 fully saturated rings. The van der Waals surface area contributed by atoms with Crippen molar-refractivity contribution in [2.24, 2.45) is 0 Å². The summed E-state index contributed by atoms with van der Waals surface area (Å²) < 4.78 is 18.5. The first-order valence-corrected chi connectivity index (χ1v) is 7.20. The van der Waals surface area contributed by atoms with Crippen LogP contribution in [0.2, 0.25) is 5.02 Å². The number of anilines is 2. The molecule has 2 heterocycles. The zero-order valence-corrected chi connectivity index (χ0v) is 12.4. The van der Waals surface area contributed by atoms with Gasteiger partial charge in [-0.2, -0.15) is 0 Å². The van der Waals surface area contributed by atoms with E-state index in [1.54, 1.807) is 18.2 Å². The van der Waals surface area contributed by atoms with Crippen molar-refractivity contribution in [3.05, 3.63) is 59.4 Å². The Morgan fingerprint density at radius 3 is 2.70 bits per heavy atom. The molecule has 0 aliphatic rings. The lowest BCUT2D eigenvalue weighted by Crippen LogP contribution is -1.90. The van der Waals surface area contributed by atoms with Crippen molar-refractivity contribution in [2.45, 2.75) is 0 Å². The molecule has 2 aromatic carbocycles. The second-order valence-corrected chi connectivity index (χ2v) is 5.40. The molecule has 0 radical (unpaired) electrons. The molecule has 4 rings (SSSR count). The fourth-order valence-electron chi connectivity index (χ4n) is 2.26. The number of nitrogens with zero attached hydrogens (tertiary/aromatic N) is 2. The number of rotatable bonds is 3. The number of hydrogen-bond acceptors (Lipinski definition) is 4. The second-order valence-electron chi connectivity index (χ2n) is 4.96. The molecule has 114 valence electrons. The minimum absolute atomic E-state index is 0.225. The van der Waals surface area contributed by atoms with Gasteiger partial charge in [0.2, 0.25) is 0 Å². The van der Waals surface area contributed by atoms with E-state index >= 15 is 0 Å². The van der Waals surface area contributed by atoms with Crippen LogP contribution in [-0.2, 0) is 0 Å². The van der Waals surface area contributed by atoms with Gasteiger partial charge in [0, 0.05) is 21.6 Å². The monoisotopic (exact) mass is 328 g/mol. The molecule has 0 atom stereocenters. The van der Waals surface area contributed by atoms with E-state index in [2.05, 4.69) is 20.5 Å². The van der Waals surface area contributed by atoms with E-state index in [1.165, 1.54) is 12.1 Å². The van der Waals surface area contributed by atoms with Crippen molar-refractivity contribution in [1.82, 2.24) is 15.2 Å². The molecular weight excluding hydrogens is 319 g/mol. The second kappa shape index (κ2) is 5.40. The first-order valence-electron chi connectivity index (χ1n) is 6.82. The van der Waals surface area contributed by atoms with Gasteiger partial charge in [-0.1, -0.05) is 16.7 Å². The first kappa shape index (κ1) is 13.8. The van der Waals surface area contributed by atoms with E-state index in [-0.39, 0.29) is 11.8 Å². The Kier molecular flexibility index (Phi) is 3.24. The largest absolute Gasteiger partial charge is 0.402 e. The summed E-state index contributed by atoms with van der Waals surface area (Å²) >= 11 is 5.98. The zero-order valence-electron chi connectivity index (χ0n) is 11.7. The summed E-state index contributed by atoms with van der Waals surface area (Å²) in [7, 11) is 0. The average Bonchev–Trinajstić information content (AvgIpc) is 3.15. The van der Waals surface area contributed by atoms with E-state index < -0.39 is 0 Å². The third-order valence-corrected chi connectivity index (χ3v) is 3.57. The highest BCUT2D eigenvalue weighted by molar-refractivity contribution is 6.31. The van der Waals surface area contributed by atoms with Crippen LogP contribution in [0.3, 0.4) is 0 Å². The Balaban J connectivity index is 1.62. The van der Waals surface area contributed by atoms with Crippen LogP contribution in [0.5, 0.6) is 0 Å². The molecule has 0 unspecified atom stereocenters. The van der Waals surface area contributed by atoms with Crippen LogP contribution in [0.25, 0.3) is 22.5 Å². The number of H-pyrrole nitrogens is 1.